The normalized spacial score (nSPS) is 12.9. The molecule has 2 aromatic carbocycles. The van der Waals surface area contributed by atoms with Crippen LogP contribution in [0.25, 0.3) is 0 Å². The Bertz CT molecular complexity index is 820. The maximum atomic E-state index is 13.1. The first-order chi connectivity index (χ1) is 13.8. The summed E-state index contributed by atoms with van der Waals surface area (Å²) < 4.78 is 0. The number of benzene rings is 2. The van der Waals surface area contributed by atoms with Gasteiger partial charge in [-0.25, -0.2) is 0 Å². The van der Waals surface area contributed by atoms with Gasteiger partial charge < -0.3 is 10.2 Å². The van der Waals surface area contributed by atoms with E-state index in [2.05, 4.69) is 5.32 Å². The minimum Gasteiger partial charge on any atom is -0.352 e. The first kappa shape index (κ1) is 23.0. The van der Waals surface area contributed by atoms with E-state index in [1.54, 1.807) is 17.9 Å². The van der Waals surface area contributed by atoms with Crippen LogP contribution in [0.3, 0.4) is 0 Å². The molecule has 5 heteroatoms. The maximum Gasteiger partial charge on any atom is 0.242 e. The highest BCUT2D eigenvalue weighted by Crippen LogP contribution is 2.16. The number of nitrogens with one attached hydrogen (secondary N) is 1. The second-order valence-electron chi connectivity index (χ2n) is 7.63. The predicted molar refractivity (Wildman–Crippen MR) is 119 cm³/mol. The number of carbonyl (C=O) groups is 2. The molecule has 4 nitrogen and oxygen atoms in total. The Morgan fingerprint density at radius 2 is 1.76 bits per heavy atom. The van der Waals surface area contributed by atoms with Gasteiger partial charge in [0.25, 0.3) is 0 Å². The molecule has 29 heavy (non-hydrogen) atoms. The fourth-order valence-electron chi connectivity index (χ4n) is 3.03. The van der Waals surface area contributed by atoms with E-state index < -0.39 is 6.04 Å². The molecule has 0 aliphatic carbocycles. The van der Waals surface area contributed by atoms with E-state index in [1.807, 2.05) is 63.2 Å². The minimum absolute atomic E-state index is 0.0441. The summed E-state index contributed by atoms with van der Waals surface area (Å²) in [5.41, 5.74) is 3.21. The first-order valence-corrected chi connectivity index (χ1v) is 10.6. The average molecular weight is 415 g/mol. The van der Waals surface area contributed by atoms with Crippen molar-refractivity contribution in [3.05, 3.63) is 70.2 Å². The molecule has 2 aromatic rings. The lowest BCUT2D eigenvalue weighted by Gasteiger charge is -2.30. The summed E-state index contributed by atoms with van der Waals surface area (Å²) in [5, 5.41) is 3.60. The van der Waals surface area contributed by atoms with Crippen molar-refractivity contribution < 1.29 is 9.59 Å². The summed E-state index contributed by atoms with van der Waals surface area (Å²) >= 11 is 6.11. The van der Waals surface area contributed by atoms with Crippen LogP contribution in [0.1, 0.15) is 50.3 Å². The van der Waals surface area contributed by atoms with Crippen molar-refractivity contribution in [1.29, 1.82) is 0 Å². The Kier molecular flexibility index (Phi) is 8.71. The molecule has 0 aliphatic heterocycles. The fraction of sp³-hybridized carbons (Fsp3) is 0.417. The van der Waals surface area contributed by atoms with Gasteiger partial charge in [-0.1, -0.05) is 60.5 Å². The van der Waals surface area contributed by atoms with Crippen LogP contribution < -0.4 is 5.32 Å². The summed E-state index contributed by atoms with van der Waals surface area (Å²) in [6, 6.07) is 15.1. The lowest BCUT2D eigenvalue weighted by Crippen LogP contribution is -2.49. The van der Waals surface area contributed by atoms with Gasteiger partial charge in [0.15, 0.2) is 0 Å². The summed E-state index contributed by atoms with van der Waals surface area (Å²) in [4.78, 5) is 27.4. The highest BCUT2D eigenvalue weighted by atomic mass is 35.5. The third-order valence-corrected chi connectivity index (χ3v) is 5.39. The van der Waals surface area contributed by atoms with Crippen molar-refractivity contribution in [2.75, 3.05) is 0 Å². The van der Waals surface area contributed by atoms with Gasteiger partial charge in [-0.2, -0.15) is 0 Å². The molecule has 156 valence electrons. The van der Waals surface area contributed by atoms with Gasteiger partial charge >= 0.3 is 0 Å². The number of nitrogens with zero attached hydrogens (tertiary/aromatic N) is 1. The molecule has 0 saturated heterocycles. The van der Waals surface area contributed by atoms with E-state index in [1.165, 1.54) is 5.56 Å². The van der Waals surface area contributed by atoms with Crippen LogP contribution in [0.2, 0.25) is 5.02 Å². The van der Waals surface area contributed by atoms with Crippen molar-refractivity contribution >= 4 is 23.4 Å². The van der Waals surface area contributed by atoms with Crippen molar-refractivity contribution in [1.82, 2.24) is 10.2 Å². The summed E-state index contributed by atoms with van der Waals surface area (Å²) in [6.07, 6.45) is 1.84. The van der Waals surface area contributed by atoms with Gasteiger partial charge in [-0.3, -0.25) is 9.59 Å². The lowest BCUT2D eigenvalue weighted by atomic mass is 10.1. The number of rotatable bonds is 9. The van der Waals surface area contributed by atoms with E-state index >= 15 is 0 Å². The largest absolute Gasteiger partial charge is 0.352 e. The van der Waals surface area contributed by atoms with E-state index in [4.69, 9.17) is 11.6 Å². The second-order valence-corrected chi connectivity index (χ2v) is 8.07. The Balaban J connectivity index is 2.14. The number of aryl methyl sites for hydroxylation is 2. The average Bonchev–Trinajstić information content (AvgIpc) is 2.70. The van der Waals surface area contributed by atoms with Crippen molar-refractivity contribution in [3.63, 3.8) is 0 Å². The third kappa shape index (κ3) is 7.21. The van der Waals surface area contributed by atoms with E-state index in [-0.39, 0.29) is 17.9 Å². The molecule has 0 saturated carbocycles. The van der Waals surface area contributed by atoms with Gasteiger partial charge in [0.05, 0.1) is 0 Å². The molecular formula is C24H31ClN2O2. The van der Waals surface area contributed by atoms with Crippen LogP contribution in [0.5, 0.6) is 0 Å². The van der Waals surface area contributed by atoms with Gasteiger partial charge in [-0.15, -0.1) is 0 Å². The molecule has 0 aliphatic rings. The van der Waals surface area contributed by atoms with Crippen molar-refractivity contribution in [3.8, 4) is 0 Å². The third-order valence-electron chi connectivity index (χ3n) is 5.16. The van der Waals surface area contributed by atoms with E-state index in [0.29, 0.717) is 24.4 Å². The molecule has 2 rings (SSSR count). The first-order valence-electron chi connectivity index (χ1n) is 10.2. The van der Waals surface area contributed by atoms with Crippen LogP contribution in [0.15, 0.2) is 48.5 Å². The van der Waals surface area contributed by atoms with Crippen LogP contribution in [0.4, 0.5) is 0 Å². The van der Waals surface area contributed by atoms with Crippen LogP contribution in [0, 0.1) is 6.92 Å². The summed E-state index contributed by atoms with van der Waals surface area (Å²) in [6.45, 7) is 8.16. The Morgan fingerprint density at radius 1 is 1.07 bits per heavy atom. The molecule has 0 aromatic heterocycles. The van der Waals surface area contributed by atoms with Gasteiger partial charge in [-0.05, 0) is 56.9 Å². The molecule has 0 fully saturated rings. The number of carbonyl (C=O) groups excluding carboxylic acids is 2. The molecule has 0 spiro atoms. The Labute approximate surface area is 179 Å². The molecule has 0 unspecified atom stereocenters. The van der Waals surface area contributed by atoms with Crippen molar-refractivity contribution in [2.45, 2.75) is 65.6 Å². The molecular weight excluding hydrogens is 384 g/mol. The quantitative estimate of drug-likeness (QED) is 0.633. The Morgan fingerprint density at radius 3 is 2.38 bits per heavy atom. The molecule has 0 heterocycles. The van der Waals surface area contributed by atoms with Crippen LogP contribution in [-0.2, 0) is 22.6 Å². The SMILES string of the molecule is CC[C@@H](C)NC(=O)[C@H](C)N(Cc1cccc(Cl)c1)C(=O)CCc1ccc(C)cc1. The molecule has 0 radical (unpaired) electrons. The molecule has 2 atom stereocenters. The molecule has 2 amide bonds. The number of hydrogen-bond donors (Lipinski definition) is 1. The fourth-order valence-corrected chi connectivity index (χ4v) is 3.24. The maximum absolute atomic E-state index is 13.1. The van der Waals surface area contributed by atoms with E-state index in [9.17, 15) is 9.59 Å². The smallest absolute Gasteiger partial charge is 0.242 e. The number of hydrogen-bond acceptors (Lipinski definition) is 2. The predicted octanol–water partition coefficient (Wildman–Crippen LogP) is 4.91. The van der Waals surface area contributed by atoms with Crippen LogP contribution >= 0.6 is 11.6 Å². The highest BCUT2D eigenvalue weighted by molar-refractivity contribution is 6.30. The topological polar surface area (TPSA) is 49.4 Å². The van der Waals surface area contributed by atoms with Gasteiger partial charge in [0, 0.05) is 24.0 Å². The highest BCUT2D eigenvalue weighted by Gasteiger charge is 2.26. The monoisotopic (exact) mass is 414 g/mol. The summed E-state index contributed by atoms with van der Waals surface area (Å²) in [5.74, 6) is -0.178. The van der Waals surface area contributed by atoms with Gasteiger partial charge in [0.2, 0.25) is 11.8 Å². The van der Waals surface area contributed by atoms with Crippen molar-refractivity contribution in [2.24, 2.45) is 0 Å². The lowest BCUT2D eigenvalue weighted by molar-refractivity contribution is -0.140. The molecule has 1 N–H and O–H groups in total. The zero-order valence-electron chi connectivity index (χ0n) is 17.7. The Hall–Kier alpha value is -2.33. The minimum atomic E-state index is -0.562. The van der Waals surface area contributed by atoms with Crippen LogP contribution in [-0.4, -0.2) is 28.8 Å². The standard InChI is InChI=1S/C24H31ClN2O2/c1-5-18(3)26-24(29)19(4)27(16-21-7-6-8-22(25)15-21)23(28)14-13-20-11-9-17(2)10-12-20/h6-12,15,18-19H,5,13-14,16H2,1-4H3,(H,26,29)/t18-,19+/m1/s1. The van der Waals surface area contributed by atoms with E-state index in [0.717, 1.165) is 17.5 Å². The van der Waals surface area contributed by atoms with Gasteiger partial charge in [0.1, 0.15) is 6.04 Å². The zero-order valence-corrected chi connectivity index (χ0v) is 18.5. The summed E-state index contributed by atoms with van der Waals surface area (Å²) in [7, 11) is 0. The second kappa shape index (κ2) is 11.0. The molecule has 0 bridgehead atoms. The number of amides is 2. The zero-order chi connectivity index (χ0) is 21.4. The number of halogens is 1.